The molecule has 5 spiro atoms. The zero-order valence-corrected chi connectivity index (χ0v) is 69.3. The van der Waals surface area contributed by atoms with Crippen LogP contribution in [-0.4, -0.2) is 179 Å². The standard InChI is InChI=1S/C21H28N4O3.C19H24N2O2.C18H25N3O3.C14H16N2.C12H19NO4.C6H8N2/c1-2-3-6-15(12-24(28)14-26)20(27)25-13-21(9-10-21)11-18(25)19-22-16-7-4-5-8-17(16)23-19;1-18(2,3)23-17(22)21-12-19(8-9-19)11-16(21)15-10-13-6-4-5-7-14(13)20-15;1-17(2,3)24-16(23)21-11-18(8-9-18)10-14(21)15(22)20-13-7-5-4-6-12(13)19;1-2-4-11-10(3-1)7-12(16-11)13-8-14(5-6-14)9-15-13;1-11(2,3)17-10(16)13-7-12(4-5-12)6-8(13)9(14)15;7-5-3-1-2-4-6(5)8/h4-5,7-8,14-15,18,28H,2-3,6,9-13H2,1H3,(H,22,23);4-7,16H,8-12H2,1-3H3;4-7,14H,8-11,19H2,1-3H3,(H,20,22);1-4,13,15H,5-9H2;8H,4-7H2,1-3H3,(H,14,15);1-4H,7-8H2/t15-,18+;16-;14-;13-;8-;/m10000./s1. The molecule has 5 aliphatic carbocycles. The minimum atomic E-state index is -0.931. The van der Waals surface area contributed by atoms with Crippen LogP contribution in [0.4, 0.5) is 48.5 Å². The molecule has 116 heavy (non-hydrogen) atoms. The number of likely N-dealkylation sites (tertiary alicyclic amines) is 4. The number of rotatable bonds is 13. The van der Waals surface area contributed by atoms with Crippen LogP contribution in [0.3, 0.4) is 0 Å². The number of carboxylic acid groups (broad SMARTS) is 1. The number of ether oxygens (including phenoxy) is 3. The molecule has 622 valence electrons. The lowest BCUT2D eigenvalue weighted by molar-refractivity contribution is -0.157. The number of unbranched alkanes of at least 4 members (excludes halogenated alkanes) is 1. The third kappa shape index (κ3) is 20.8. The second-order valence-electron chi connectivity index (χ2n) is 37.9. The minimum absolute atomic E-state index is 0.0172. The number of fused-ring (bicyclic) bond motifs is 3. The van der Waals surface area contributed by atoms with Gasteiger partial charge in [0.05, 0.1) is 69.7 Å². The van der Waals surface area contributed by atoms with Crippen molar-refractivity contribution in [3.8, 4) is 0 Å². The Bertz CT molecular complexity index is 4610. The van der Waals surface area contributed by atoms with Crippen LogP contribution in [0.25, 0.3) is 11.0 Å². The van der Waals surface area contributed by atoms with Crippen LogP contribution >= 0.6 is 0 Å². The first-order valence-corrected chi connectivity index (χ1v) is 41.6. The number of aromatic nitrogens is 2. The molecule has 10 fully saturated rings. The van der Waals surface area contributed by atoms with E-state index in [1.807, 2.05) is 106 Å². The van der Waals surface area contributed by atoms with Crippen molar-refractivity contribution < 1.29 is 58.1 Å². The van der Waals surface area contributed by atoms with Crippen molar-refractivity contribution in [3.05, 3.63) is 138 Å². The van der Waals surface area contributed by atoms with Gasteiger partial charge in [-0.15, -0.1) is 0 Å². The second kappa shape index (κ2) is 33.5. The molecule has 5 saturated carbocycles. The Morgan fingerprint density at radius 2 is 1.01 bits per heavy atom. The average Bonchev–Trinajstić information content (AvgIpc) is 2.44. The van der Waals surface area contributed by atoms with Crippen LogP contribution in [0, 0.1) is 33.0 Å². The van der Waals surface area contributed by atoms with E-state index in [9.17, 15) is 38.8 Å². The number of nitrogens with zero attached hydrogens (tertiary/aromatic N) is 8. The SMILES string of the molecule is CC(C)(C)OC(=O)N1CC2(CC2)C[C@H]1C(=O)Nc1ccccc1N.CC(C)(C)OC(=O)N1CC2(CC2)C[C@H]1C(=O)O.CC(C)(C)OC(=O)N1CC2(CC2)C[C@H]1C1=Nc2ccccc2C1.CCCC[C@H](CN(O)C=O)C(=O)N1CC2(CC2)C[C@H]1c1nc2ccccc2[nH]1.Nc1ccccc1N.c1ccc2c(c1)CC([C@@H]1CC3(CC3)CN1)=N2. The topological polar surface area (TPSA) is 359 Å². The highest BCUT2D eigenvalue weighted by atomic mass is 16.6. The monoisotopic (exact) mass is 1590 g/mol. The summed E-state index contributed by atoms with van der Waals surface area (Å²) in [6.07, 6.45) is 20.0. The van der Waals surface area contributed by atoms with Gasteiger partial charge in [-0.25, -0.2) is 29.2 Å². The Kier molecular flexibility index (Phi) is 24.2. The smallest absolute Gasteiger partial charge is 0.411 e. The van der Waals surface area contributed by atoms with E-state index < -0.39 is 53.0 Å². The van der Waals surface area contributed by atoms with Crippen LogP contribution in [0.5, 0.6) is 0 Å². The predicted molar refractivity (Wildman–Crippen MR) is 448 cm³/mol. The number of hydrogen-bond donors (Lipinski definition) is 8. The fourth-order valence-corrected chi connectivity index (χ4v) is 17.3. The molecular formula is C90H120N14O12. The van der Waals surface area contributed by atoms with Crippen molar-refractivity contribution in [3.63, 3.8) is 0 Å². The van der Waals surface area contributed by atoms with Gasteiger partial charge in [0.25, 0.3) is 0 Å². The molecule has 5 aromatic carbocycles. The number of aliphatic imine (C=N–C) groups is 2. The first-order chi connectivity index (χ1) is 55.0. The molecule has 6 amide bonds. The summed E-state index contributed by atoms with van der Waals surface area (Å²) in [6.45, 7) is 22.6. The number of carbonyl (C=O) groups excluding carboxylic acids is 6. The Morgan fingerprint density at radius 3 is 1.50 bits per heavy atom. The van der Waals surface area contributed by atoms with Gasteiger partial charge in [0.2, 0.25) is 18.2 Å². The zero-order valence-electron chi connectivity index (χ0n) is 69.3. The molecule has 26 heteroatoms. The molecule has 0 unspecified atom stereocenters. The van der Waals surface area contributed by atoms with Gasteiger partial charge >= 0.3 is 24.2 Å². The number of aliphatic carboxylic acids is 1. The lowest BCUT2D eigenvalue weighted by Crippen LogP contribution is -2.45. The number of benzene rings is 5. The van der Waals surface area contributed by atoms with Crippen LogP contribution in [-0.2, 0) is 46.2 Å². The van der Waals surface area contributed by atoms with Gasteiger partial charge in [-0.2, -0.15) is 0 Å². The third-order valence-corrected chi connectivity index (χ3v) is 24.7. The van der Waals surface area contributed by atoms with Gasteiger partial charge < -0.3 is 57.0 Å². The number of hydroxylamine groups is 2. The number of nitrogen functional groups attached to an aromatic ring is 3. The van der Waals surface area contributed by atoms with Crippen LogP contribution in [0.1, 0.15) is 208 Å². The van der Waals surface area contributed by atoms with Crippen LogP contribution in [0.2, 0.25) is 0 Å². The minimum Gasteiger partial charge on any atom is -0.480 e. The Morgan fingerprint density at radius 1 is 0.560 bits per heavy atom. The molecule has 12 aliphatic rings. The van der Waals surface area contributed by atoms with Crippen molar-refractivity contribution in [2.24, 2.45) is 43.0 Å². The highest BCUT2D eigenvalue weighted by molar-refractivity contribution is 6.01. The number of aromatic amines is 1. The van der Waals surface area contributed by atoms with Crippen molar-refractivity contribution in [1.82, 2.24) is 39.9 Å². The zero-order chi connectivity index (χ0) is 82.9. The molecule has 0 radical (unpaired) electrons. The number of amides is 6. The maximum atomic E-state index is 13.4. The molecule has 18 rings (SSSR count). The molecule has 0 bridgehead atoms. The largest absolute Gasteiger partial charge is 0.480 e. The maximum Gasteiger partial charge on any atom is 0.411 e. The lowest BCUT2D eigenvalue weighted by Gasteiger charge is -2.29. The van der Waals surface area contributed by atoms with E-state index >= 15 is 0 Å². The van der Waals surface area contributed by atoms with Gasteiger partial charge in [0.15, 0.2) is 0 Å². The summed E-state index contributed by atoms with van der Waals surface area (Å²) >= 11 is 0. The summed E-state index contributed by atoms with van der Waals surface area (Å²) in [5.41, 5.74) is 28.1. The van der Waals surface area contributed by atoms with Crippen LogP contribution < -0.4 is 27.8 Å². The van der Waals surface area contributed by atoms with Crippen molar-refractivity contribution >= 4 is 99.1 Å². The number of nitrogens with one attached hydrogen (secondary N) is 3. The van der Waals surface area contributed by atoms with E-state index in [4.69, 9.17) is 51.5 Å². The van der Waals surface area contributed by atoms with E-state index in [0.29, 0.717) is 83.4 Å². The number of carboxylic acids is 1. The molecule has 26 nitrogen and oxygen atoms in total. The average molecular weight is 1590 g/mol. The van der Waals surface area contributed by atoms with Crippen LogP contribution in [0.15, 0.2) is 131 Å². The van der Waals surface area contributed by atoms with Crippen molar-refractivity contribution in [2.75, 3.05) is 61.8 Å². The van der Waals surface area contributed by atoms with E-state index in [1.165, 1.54) is 66.1 Å². The first-order valence-electron chi connectivity index (χ1n) is 41.6. The lowest BCUT2D eigenvalue weighted by atomic mass is 9.98. The first kappa shape index (κ1) is 83.9. The van der Waals surface area contributed by atoms with E-state index in [0.717, 1.165) is 118 Å². The van der Waals surface area contributed by atoms with Crippen molar-refractivity contribution in [1.29, 1.82) is 0 Å². The maximum absolute atomic E-state index is 13.4. The number of H-pyrrole nitrogens is 1. The molecule has 6 aromatic rings. The molecule has 6 atom stereocenters. The summed E-state index contributed by atoms with van der Waals surface area (Å²) in [6, 6.07) is 38.4. The molecule has 11 N–H and O–H groups in total. The van der Waals surface area contributed by atoms with Gasteiger partial charge in [-0.3, -0.25) is 44.3 Å². The summed E-state index contributed by atoms with van der Waals surface area (Å²) in [5.74, 6) is -0.675. The second-order valence-corrected chi connectivity index (χ2v) is 37.9. The highest BCUT2D eigenvalue weighted by Gasteiger charge is 2.60. The predicted octanol–water partition coefficient (Wildman–Crippen LogP) is 15.5. The van der Waals surface area contributed by atoms with Gasteiger partial charge in [-0.05, 0) is 252 Å². The summed E-state index contributed by atoms with van der Waals surface area (Å²) < 4.78 is 16.4. The summed E-state index contributed by atoms with van der Waals surface area (Å²) in [7, 11) is 0. The quantitative estimate of drug-likeness (QED) is 0.0175. The molecule has 7 aliphatic heterocycles. The van der Waals surface area contributed by atoms with E-state index in [2.05, 4.69) is 65.0 Å². The number of carbonyl (C=O) groups is 7. The fourth-order valence-electron chi connectivity index (χ4n) is 17.3. The third-order valence-electron chi connectivity index (χ3n) is 24.7. The highest BCUT2D eigenvalue weighted by Crippen LogP contribution is 2.60. The normalized spacial score (nSPS) is 22.9. The van der Waals surface area contributed by atoms with E-state index in [-0.39, 0.29) is 52.8 Å². The Labute approximate surface area is 681 Å². The van der Waals surface area contributed by atoms with Gasteiger partial charge in [-0.1, -0.05) is 92.6 Å². The fraction of sp³-hybridized carbons (Fsp3) is 0.556. The Balaban J connectivity index is 0.000000124. The van der Waals surface area contributed by atoms with Crippen molar-refractivity contribution in [2.45, 2.75) is 245 Å². The number of hydrogen-bond acceptors (Lipinski definition) is 18. The molecule has 1 aromatic heterocycles. The number of imidazole rings is 1. The summed E-state index contributed by atoms with van der Waals surface area (Å²) in [4.78, 5) is 110. The molecule has 5 saturated heterocycles. The number of anilines is 4. The van der Waals surface area contributed by atoms with Gasteiger partial charge in [0, 0.05) is 63.0 Å². The van der Waals surface area contributed by atoms with Gasteiger partial charge in [0.1, 0.15) is 34.7 Å². The number of para-hydroxylation sites is 8. The summed E-state index contributed by atoms with van der Waals surface area (Å²) in [5, 5.41) is 25.9. The number of nitrogens with two attached hydrogens (primary N) is 3. The molecule has 8 heterocycles. The molecular weight excluding hydrogens is 1470 g/mol. The van der Waals surface area contributed by atoms with E-state index in [1.54, 1.807) is 49.9 Å². The Hall–Kier alpha value is -10.1.